The van der Waals surface area contributed by atoms with Crippen molar-refractivity contribution in [2.45, 2.75) is 52.5 Å². The van der Waals surface area contributed by atoms with E-state index in [2.05, 4.69) is 42.7 Å². The summed E-state index contributed by atoms with van der Waals surface area (Å²) in [5.41, 5.74) is 0.554. The molecule has 0 atom stereocenters. The SMILES string of the molecule is CC1CCC(CNC(C)C)(CN2CCSCC2)CC1. The Morgan fingerprint density at radius 3 is 2.42 bits per heavy atom. The largest absolute Gasteiger partial charge is 0.314 e. The number of rotatable bonds is 5. The van der Waals surface area contributed by atoms with E-state index in [9.17, 15) is 0 Å². The third kappa shape index (κ3) is 4.95. The Kier molecular flexibility index (Phi) is 6.04. The maximum atomic E-state index is 3.73. The van der Waals surface area contributed by atoms with Crippen LogP contribution in [0.2, 0.25) is 0 Å². The van der Waals surface area contributed by atoms with Crippen molar-refractivity contribution >= 4 is 11.8 Å². The van der Waals surface area contributed by atoms with Gasteiger partial charge in [-0.3, -0.25) is 0 Å². The third-order valence-corrected chi connectivity index (χ3v) is 5.83. The molecule has 19 heavy (non-hydrogen) atoms. The van der Waals surface area contributed by atoms with Gasteiger partial charge in [-0.15, -0.1) is 0 Å². The molecule has 3 heteroatoms. The molecule has 0 aromatic carbocycles. The van der Waals surface area contributed by atoms with Gasteiger partial charge < -0.3 is 10.2 Å². The third-order valence-electron chi connectivity index (χ3n) is 4.88. The van der Waals surface area contributed by atoms with E-state index in [0.29, 0.717) is 11.5 Å². The standard InChI is InChI=1S/C16H32N2S/c1-14(2)17-12-16(6-4-15(3)5-7-16)13-18-8-10-19-11-9-18/h14-15,17H,4-13H2,1-3H3. The minimum absolute atomic E-state index is 0.554. The summed E-state index contributed by atoms with van der Waals surface area (Å²) in [5.74, 6) is 3.62. The first kappa shape index (κ1) is 15.7. The van der Waals surface area contributed by atoms with Crippen LogP contribution in [-0.4, -0.2) is 48.6 Å². The Labute approximate surface area is 124 Å². The monoisotopic (exact) mass is 284 g/mol. The van der Waals surface area contributed by atoms with E-state index in [-0.39, 0.29) is 0 Å². The first-order valence-electron chi connectivity index (χ1n) is 8.13. The topological polar surface area (TPSA) is 15.3 Å². The van der Waals surface area contributed by atoms with Crippen LogP contribution in [0.3, 0.4) is 0 Å². The molecule has 0 spiro atoms. The Morgan fingerprint density at radius 2 is 1.84 bits per heavy atom. The molecule has 112 valence electrons. The van der Waals surface area contributed by atoms with Crippen molar-refractivity contribution in [2.75, 3.05) is 37.7 Å². The first-order chi connectivity index (χ1) is 9.10. The predicted molar refractivity (Wildman–Crippen MR) is 87.0 cm³/mol. The van der Waals surface area contributed by atoms with E-state index in [0.717, 1.165) is 5.92 Å². The van der Waals surface area contributed by atoms with Crippen molar-refractivity contribution < 1.29 is 0 Å². The first-order valence-corrected chi connectivity index (χ1v) is 9.29. The summed E-state index contributed by atoms with van der Waals surface area (Å²) >= 11 is 2.12. The molecule has 2 fully saturated rings. The van der Waals surface area contributed by atoms with Gasteiger partial charge in [-0.1, -0.05) is 33.6 Å². The molecular weight excluding hydrogens is 252 g/mol. The molecule has 1 saturated carbocycles. The van der Waals surface area contributed by atoms with Crippen LogP contribution in [0.1, 0.15) is 46.5 Å². The van der Waals surface area contributed by atoms with E-state index in [4.69, 9.17) is 0 Å². The highest BCUT2D eigenvalue weighted by molar-refractivity contribution is 7.99. The highest BCUT2D eigenvalue weighted by Gasteiger charge is 2.35. The predicted octanol–water partition coefficient (Wildman–Crippen LogP) is 3.23. The summed E-state index contributed by atoms with van der Waals surface area (Å²) in [7, 11) is 0. The molecular formula is C16H32N2S. The van der Waals surface area contributed by atoms with Gasteiger partial charge in [-0.05, 0) is 24.2 Å². The maximum Gasteiger partial charge on any atom is 0.00729 e. The van der Waals surface area contributed by atoms with Crippen LogP contribution in [-0.2, 0) is 0 Å². The minimum atomic E-state index is 0.554. The lowest BCUT2D eigenvalue weighted by atomic mass is 9.70. The molecule has 1 aliphatic heterocycles. The summed E-state index contributed by atoms with van der Waals surface area (Å²) in [5, 5.41) is 3.73. The van der Waals surface area contributed by atoms with Crippen LogP contribution in [0.25, 0.3) is 0 Å². The van der Waals surface area contributed by atoms with Crippen LogP contribution in [0.15, 0.2) is 0 Å². The van der Waals surface area contributed by atoms with E-state index in [1.807, 2.05) is 0 Å². The molecule has 1 saturated heterocycles. The molecule has 1 heterocycles. The summed E-state index contributed by atoms with van der Waals surface area (Å²) in [6.45, 7) is 12.2. The van der Waals surface area contributed by atoms with Crippen molar-refractivity contribution in [1.82, 2.24) is 10.2 Å². The Balaban J connectivity index is 1.92. The molecule has 0 bridgehead atoms. The van der Waals surface area contributed by atoms with Crippen molar-refractivity contribution in [3.63, 3.8) is 0 Å². The minimum Gasteiger partial charge on any atom is -0.314 e. The van der Waals surface area contributed by atoms with Crippen molar-refractivity contribution in [1.29, 1.82) is 0 Å². The highest BCUT2D eigenvalue weighted by atomic mass is 32.2. The average Bonchev–Trinajstić information content (AvgIpc) is 2.41. The molecule has 2 aliphatic rings. The van der Waals surface area contributed by atoms with Crippen LogP contribution in [0.5, 0.6) is 0 Å². The lowest BCUT2D eigenvalue weighted by Crippen LogP contribution is -2.49. The summed E-state index contributed by atoms with van der Waals surface area (Å²) in [6, 6.07) is 0.619. The molecule has 0 aromatic rings. The number of nitrogens with one attached hydrogen (secondary N) is 1. The molecule has 0 radical (unpaired) electrons. The zero-order chi connectivity index (χ0) is 13.7. The van der Waals surface area contributed by atoms with E-state index in [1.165, 1.54) is 63.4 Å². The van der Waals surface area contributed by atoms with E-state index in [1.54, 1.807) is 0 Å². The average molecular weight is 285 g/mol. The number of hydrogen-bond donors (Lipinski definition) is 1. The number of thioether (sulfide) groups is 1. The fourth-order valence-electron chi connectivity index (χ4n) is 3.42. The van der Waals surface area contributed by atoms with Crippen LogP contribution < -0.4 is 5.32 Å². The molecule has 0 amide bonds. The molecule has 0 aromatic heterocycles. The fourth-order valence-corrected chi connectivity index (χ4v) is 4.40. The van der Waals surface area contributed by atoms with Gasteiger partial charge in [-0.25, -0.2) is 0 Å². The molecule has 1 aliphatic carbocycles. The lowest BCUT2D eigenvalue weighted by Gasteiger charge is -2.44. The Hall–Kier alpha value is 0.270. The Bertz CT molecular complexity index is 253. The molecule has 0 unspecified atom stereocenters. The zero-order valence-corrected chi connectivity index (χ0v) is 13.9. The Morgan fingerprint density at radius 1 is 1.21 bits per heavy atom. The van der Waals surface area contributed by atoms with Gasteiger partial charge in [0.15, 0.2) is 0 Å². The summed E-state index contributed by atoms with van der Waals surface area (Å²) < 4.78 is 0. The molecule has 2 rings (SSSR count). The molecule has 2 nitrogen and oxygen atoms in total. The van der Waals surface area contributed by atoms with E-state index < -0.39 is 0 Å². The van der Waals surface area contributed by atoms with Gasteiger partial charge in [0.05, 0.1) is 0 Å². The quantitative estimate of drug-likeness (QED) is 0.834. The van der Waals surface area contributed by atoms with Gasteiger partial charge in [-0.2, -0.15) is 11.8 Å². The van der Waals surface area contributed by atoms with Gasteiger partial charge >= 0.3 is 0 Å². The lowest BCUT2D eigenvalue weighted by molar-refractivity contribution is 0.0893. The van der Waals surface area contributed by atoms with Crippen molar-refractivity contribution in [2.24, 2.45) is 11.3 Å². The zero-order valence-electron chi connectivity index (χ0n) is 13.1. The number of hydrogen-bond acceptors (Lipinski definition) is 3. The van der Waals surface area contributed by atoms with Crippen LogP contribution >= 0.6 is 11.8 Å². The van der Waals surface area contributed by atoms with Gasteiger partial charge in [0.1, 0.15) is 0 Å². The van der Waals surface area contributed by atoms with Crippen LogP contribution in [0.4, 0.5) is 0 Å². The fraction of sp³-hybridized carbons (Fsp3) is 1.00. The van der Waals surface area contributed by atoms with Crippen molar-refractivity contribution in [3.05, 3.63) is 0 Å². The van der Waals surface area contributed by atoms with Gasteiger partial charge in [0.2, 0.25) is 0 Å². The summed E-state index contributed by atoms with van der Waals surface area (Å²) in [4.78, 5) is 2.73. The van der Waals surface area contributed by atoms with Gasteiger partial charge in [0.25, 0.3) is 0 Å². The number of nitrogens with zero attached hydrogens (tertiary/aromatic N) is 1. The maximum absolute atomic E-state index is 3.73. The second-order valence-electron chi connectivity index (χ2n) is 7.11. The second kappa shape index (κ2) is 7.33. The second-order valence-corrected chi connectivity index (χ2v) is 8.33. The normalized spacial score (nSPS) is 33.8. The van der Waals surface area contributed by atoms with E-state index >= 15 is 0 Å². The van der Waals surface area contributed by atoms with Crippen LogP contribution in [0, 0.1) is 11.3 Å². The highest BCUT2D eigenvalue weighted by Crippen LogP contribution is 2.39. The smallest absolute Gasteiger partial charge is 0.00729 e. The summed E-state index contributed by atoms with van der Waals surface area (Å²) in [6.07, 6.45) is 5.72. The van der Waals surface area contributed by atoms with Gasteiger partial charge in [0, 0.05) is 43.7 Å². The van der Waals surface area contributed by atoms with Crippen molar-refractivity contribution in [3.8, 4) is 0 Å². The molecule has 1 N–H and O–H groups in total.